The van der Waals surface area contributed by atoms with Crippen LogP contribution in [-0.4, -0.2) is 16.0 Å². The van der Waals surface area contributed by atoms with Gasteiger partial charge in [0.05, 0.1) is 6.42 Å². The molecule has 3 aromatic carbocycles. The number of halogens is 1. The zero-order valence-electron chi connectivity index (χ0n) is 15.8. The standard InChI is InChI=1S/C24H24FNO2/c1-18(20-11-6-3-7-12-20)26(17-19-9-4-2-5-10-19)23(16-24(27)28)21-13-8-14-22(25)15-21/h2-15,18,23H,16-17H2,1H3,(H,27,28). The van der Waals surface area contributed by atoms with Gasteiger partial charge in [-0.25, -0.2) is 4.39 Å². The van der Waals surface area contributed by atoms with Crippen molar-refractivity contribution in [3.63, 3.8) is 0 Å². The van der Waals surface area contributed by atoms with Crippen molar-refractivity contribution >= 4 is 5.97 Å². The molecule has 0 amide bonds. The van der Waals surface area contributed by atoms with Crippen LogP contribution in [0.1, 0.15) is 42.1 Å². The van der Waals surface area contributed by atoms with Gasteiger partial charge < -0.3 is 5.11 Å². The summed E-state index contributed by atoms with van der Waals surface area (Å²) in [6.45, 7) is 2.62. The number of hydrogen-bond acceptors (Lipinski definition) is 2. The van der Waals surface area contributed by atoms with Gasteiger partial charge in [0.25, 0.3) is 0 Å². The summed E-state index contributed by atoms with van der Waals surface area (Å²) in [4.78, 5) is 13.8. The molecule has 144 valence electrons. The fraction of sp³-hybridized carbons (Fsp3) is 0.208. The van der Waals surface area contributed by atoms with E-state index in [1.165, 1.54) is 12.1 Å². The highest BCUT2D eigenvalue weighted by atomic mass is 19.1. The van der Waals surface area contributed by atoms with Crippen LogP contribution in [0.15, 0.2) is 84.9 Å². The highest BCUT2D eigenvalue weighted by Gasteiger charge is 2.28. The van der Waals surface area contributed by atoms with Gasteiger partial charge in [-0.15, -0.1) is 0 Å². The number of aliphatic carboxylic acids is 1. The Balaban J connectivity index is 2.03. The molecule has 0 aliphatic rings. The molecule has 0 heterocycles. The van der Waals surface area contributed by atoms with E-state index in [0.717, 1.165) is 11.1 Å². The van der Waals surface area contributed by atoms with Crippen LogP contribution in [0.3, 0.4) is 0 Å². The second-order valence-corrected chi connectivity index (χ2v) is 6.91. The number of rotatable bonds is 8. The number of nitrogens with zero attached hydrogens (tertiary/aromatic N) is 1. The van der Waals surface area contributed by atoms with E-state index in [2.05, 4.69) is 11.8 Å². The Morgan fingerprint density at radius 3 is 2.14 bits per heavy atom. The maximum Gasteiger partial charge on any atom is 0.305 e. The van der Waals surface area contributed by atoms with Crippen LogP contribution in [0.4, 0.5) is 4.39 Å². The van der Waals surface area contributed by atoms with E-state index in [1.54, 1.807) is 12.1 Å². The third kappa shape index (κ3) is 5.05. The molecule has 0 saturated heterocycles. The average molecular weight is 377 g/mol. The van der Waals surface area contributed by atoms with E-state index in [9.17, 15) is 14.3 Å². The predicted molar refractivity (Wildman–Crippen MR) is 108 cm³/mol. The van der Waals surface area contributed by atoms with Gasteiger partial charge in [-0.2, -0.15) is 0 Å². The van der Waals surface area contributed by atoms with Crippen molar-refractivity contribution in [2.75, 3.05) is 0 Å². The van der Waals surface area contributed by atoms with E-state index in [0.29, 0.717) is 12.1 Å². The first-order chi connectivity index (χ1) is 13.5. The molecule has 3 rings (SSSR count). The van der Waals surface area contributed by atoms with Gasteiger partial charge in [0.2, 0.25) is 0 Å². The molecule has 4 heteroatoms. The smallest absolute Gasteiger partial charge is 0.305 e. The fourth-order valence-corrected chi connectivity index (χ4v) is 3.54. The van der Waals surface area contributed by atoms with Crippen molar-refractivity contribution in [3.8, 4) is 0 Å². The number of benzene rings is 3. The summed E-state index contributed by atoms with van der Waals surface area (Å²) in [5, 5.41) is 9.56. The van der Waals surface area contributed by atoms with Crippen molar-refractivity contribution in [2.24, 2.45) is 0 Å². The van der Waals surface area contributed by atoms with Gasteiger partial charge in [0.15, 0.2) is 0 Å². The molecule has 0 bridgehead atoms. The summed E-state index contributed by atoms with van der Waals surface area (Å²) in [5.74, 6) is -1.27. The van der Waals surface area contributed by atoms with Crippen molar-refractivity contribution in [2.45, 2.75) is 32.0 Å². The van der Waals surface area contributed by atoms with E-state index in [4.69, 9.17) is 0 Å². The van der Waals surface area contributed by atoms with Gasteiger partial charge >= 0.3 is 5.97 Å². The largest absolute Gasteiger partial charge is 0.481 e. The molecule has 0 saturated carbocycles. The number of hydrogen-bond donors (Lipinski definition) is 1. The highest BCUT2D eigenvalue weighted by molar-refractivity contribution is 5.68. The molecule has 3 nitrogen and oxygen atoms in total. The Bertz CT molecular complexity index is 899. The van der Waals surface area contributed by atoms with E-state index in [1.807, 2.05) is 60.7 Å². The molecule has 2 unspecified atom stereocenters. The summed E-state index contributed by atoms with van der Waals surface area (Å²) in [6, 6.07) is 25.6. The van der Waals surface area contributed by atoms with Crippen molar-refractivity contribution in [1.29, 1.82) is 0 Å². The summed E-state index contributed by atoms with van der Waals surface area (Å²) in [6.07, 6.45) is -0.104. The summed E-state index contributed by atoms with van der Waals surface area (Å²) >= 11 is 0. The van der Waals surface area contributed by atoms with Crippen LogP contribution >= 0.6 is 0 Å². The second-order valence-electron chi connectivity index (χ2n) is 6.91. The Hall–Kier alpha value is -2.98. The molecule has 0 aromatic heterocycles. The number of carboxylic acid groups (broad SMARTS) is 1. The Kier molecular flexibility index (Phi) is 6.56. The first kappa shape index (κ1) is 19.8. The van der Waals surface area contributed by atoms with Crippen LogP contribution in [0.5, 0.6) is 0 Å². The lowest BCUT2D eigenvalue weighted by atomic mass is 9.96. The Labute approximate surface area is 165 Å². The number of carbonyl (C=O) groups is 1. The molecule has 2 atom stereocenters. The number of carboxylic acids is 1. The lowest BCUT2D eigenvalue weighted by molar-refractivity contribution is -0.138. The van der Waals surface area contributed by atoms with Crippen LogP contribution in [0, 0.1) is 5.82 Å². The molecule has 0 aliphatic carbocycles. The summed E-state index contributed by atoms with van der Waals surface area (Å²) in [5.41, 5.74) is 2.84. The SMILES string of the molecule is CC(c1ccccc1)N(Cc1ccccc1)C(CC(=O)O)c1cccc(F)c1. The topological polar surface area (TPSA) is 40.5 Å². The Morgan fingerprint density at radius 2 is 1.54 bits per heavy atom. The highest BCUT2D eigenvalue weighted by Crippen LogP contribution is 2.34. The zero-order chi connectivity index (χ0) is 19.9. The van der Waals surface area contributed by atoms with Gasteiger partial charge in [-0.3, -0.25) is 9.69 Å². The van der Waals surface area contributed by atoms with E-state index < -0.39 is 12.0 Å². The summed E-state index contributed by atoms with van der Waals surface area (Å²) < 4.78 is 13.9. The molecule has 0 fully saturated rings. The third-order valence-electron chi connectivity index (χ3n) is 4.99. The van der Waals surface area contributed by atoms with Gasteiger partial charge in [0, 0.05) is 18.6 Å². The summed E-state index contributed by atoms with van der Waals surface area (Å²) in [7, 11) is 0. The lowest BCUT2D eigenvalue weighted by Crippen LogP contribution is -2.32. The van der Waals surface area contributed by atoms with E-state index in [-0.39, 0.29) is 18.3 Å². The molecule has 3 aromatic rings. The minimum Gasteiger partial charge on any atom is -0.481 e. The van der Waals surface area contributed by atoms with Crippen LogP contribution in [-0.2, 0) is 11.3 Å². The van der Waals surface area contributed by atoms with Gasteiger partial charge in [-0.1, -0.05) is 72.8 Å². The van der Waals surface area contributed by atoms with Gasteiger partial charge in [0.1, 0.15) is 5.82 Å². The molecule has 1 N–H and O–H groups in total. The monoisotopic (exact) mass is 377 g/mol. The van der Waals surface area contributed by atoms with Crippen molar-refractivity contribution in [3.05, 3.63) is 107 Å². The van der Waals surface area contributed by atoms with Gasteiger partial charge in [-0.05, 0) is 35.7 Å². The minimum atomic E-state index is -0.910. The maximum atomic E-state index is 13.9. The lowest BCUT2D eigenvalue weighted by Gasteiger charge is -2.36. The average Bonchev–Trinajstić information content (AvgIpc) is 2.71. The normalized spacial score (nSPS) is 13.2. The molecular formula is C24H24FNO2. The zero-order valence-corrected chi connectivity index (χ0v) is 15.8. The Morgan fingerprint density at radius 1 is 0.929 bits per heavy atom. The molecule has 0 aliphatic heterocycles. The van der Waals surface area contributed by atoms with Crippen LogP contribution in [0.25, 0.3) is 0 Å². The van der Waals surface area contributed by atoms with Crippen molar-refractivity contribution in [1.82, 2.24) is 4.90 Å². The second kappa shape index (κ2) is 9.29. The fourth-order valence-electron chi connectivity index (χ4n) is 3.54. The van der Waals surface area contributed by atoms with Crippen LogP contribution < -0.4 is 0 Å². The third-order valence-corrected chi connectivity index (χ3v) is 4.99. The molecular weight excluding hydrogens is 353 g/mol. The van der Waals surface area contributed by atoms with Crippen molar-refractivity contribution < 1.29 is 14.3 Å². The maximum absolute atomic E-state index is 13.9. The molecule has 0 radical (unpaired) electrons. The first-order valence-electron chi connectivity index (χ1n) is 9.36. The quantitative estimate of drug-likeness (QED) is 0.555. The van der Waals surface area contributed by atoms with E-state index >= 15 is 0 Å². The first-order valence-corrected chi connectivity index (χ1v) is 9.36. The molecule has 28 heavy (non-hydrogen) atoms. The minimum absolute atomic E-state index is 0.0472. The predicted octanol–water partition coefficient (Wildman–Crippen LogP) is 5.60. The van der Waals surface area contributed by atoms with Crippen LogP contribution in [0.2, 0.25) is 0 Å². The molecule has 0 spiro atoms.